The van der Waals surface area contributed by atoms with Crippen molar-refractivity contribution in [2.75, 3.05) is 0 Å². The van der Waals surface area contributed by atoms with Gasteiger partial charge in [0.25, 0.3) is 0 Å². The van der Waals surface area contributed by atoms with E-state index in [1.165, 1.54) is 0 Å². The number of hydrogen-bond acceptors (Lipinski definition) is 2. The topological polar surface area (TPSA) is 40.5 Å². The zero-order valence-electron chi connectivity index (χ0n) is 7.09. The molecule has 1 radical (unpaired) electrons. The first-order chi connectivity index (χ1) is 3.13. The number of rotatable bonds is 2. The zero-order valence-corrected chi connectivity index (χ0v) is 8.73. The summed E-state index contributed by atoms with van der Waals surface area (Å²) >= 11 is 0. The SMILES string of the molecule is CC(O)CC(C)O.[CH3-].[CH3-].[Rh+2]. The fourth-order valence-electron chi connectivity index (χ4n) is 0.494. The summed E-state index contributed by atoms with van der Waals surface area (Å²) in [6.07, 6.45) is -0.278. The predicted molar refractivity (Wildman–Crippen MR) is 40.8 cm³/mol. The second-order valence-electron chi connectivity index (χ2n) is 1.93. The number of aliphatic hydroxyl groups excluding tert-OH is 2. The summed E-state index contributed by atoms with van der Waals surface area (Å²) in [5.41, 5.74) is 0. The van der Waals surface area contributed by atoms with Gasteiger partial charge >= 0.3 is 19.5 Å². The van der Waals surface area contributed by atoms with Gasteiger partial charge in [-0.05, 0) is 20.3 Å². The first-order valence-electron chi connectivity index (χ1n) is 2.49. The van der Waals surface area contributed by atoms with Crippen molar-refractivity contribution in [1.82, 2.24) is 0 Å². The molecule has 0 aliphatic rings. The minimum atomic E-state index is -0.375. The summed E-state index contributed by atoms with van der Waals surface area (Å²) in [4.78, 5) is 0. The van der Waals surface area contributed by atoms with Crippen LogP contribution in [0.1, 0.15) is 20.3 Å². The summed E-state index contributed by atoms with van der Waals surface area (Å²) < 4.78 is 0. The predicted octanol–water partition coefficient (Wildman–Crippen LogP) is 1.04. The molecule has 0 aliphatic heterocycles. The molecule has 0 spiro atoms. The Labute approximate surface area is 77.4 Å². The third-order valence-corrected chi connectivity index (χ3v) is 0.682. The van der Waals surface area contributed by atoms with Gasteiger partial charge in [-0.3, -0.25) is 0 Å². The van der Waals surface area contributed by atoms with Crippen LogP contribution in [0.3, 0.4) is 0 Å². The quantitative estimate of drug-likeness (QED) is 0.556. The smallest absolute Gasteiger partial charge is 0.393 e. The summed E-state index contributed by atoms with van der Waals surface area (Å²) in [6, 6.07) is 0. The van der Waals surface area contributed by atoms with Crippen molar-refractivity contribution in [2.24, 2.45) is 0 Å². The maximum absolute atomic E-state index is 8.56. The first kappa shape index (κ1) is 22.4. The van der Waals surface area contributed by atoms with Crippen LogP contribution < -0.4 is 0 Å². The average Bonchev–Trinajstić information content (AvgIpc) is 1.27. The standard InChI is InChI=1S/C5H12O2.2CH3.Rh/c1-4(6)3-5(2)7;;;/h4-7H,3H2,1-2H3;2*1H3;/q;2*-1;+2. The zero-order chi connectivity index (χ0) is 5.86. The van der Waals surface area contributed by atoms with E-state index in [0.717, 1.165) is 0 Å². The van der Waals surface area contributed by atoms with Crippen molar-refractivity contribution < 1.29 is 29.7 Å². The molecule has 10 heavy (non-hydrogen) atoms. The van der Waals surface area contributed by atoms with Gasteiger partial charge in [0.15, 0.2) is 0 Å². The van der Waals surface area contributed by atoms with E-state index in [-0.39, 0.29) is 46.5 Å². The Morgan fingerprint density at radius 1 is 1.00 bits per heavy atom. The van der Waals surface area contributed by atoms with Crippen LogP contribution in [0.5, 0.6) is 0 Å². The third-order valence-electron chi connectivity index (χ3n) is 0.682. The molecule has 0 saturated carbocycles. The Balaban J connectivity index is -0.0000000600. The molecule has 0 heterocycles. The molecular formula is C7H18O2Rh. The van der Waals surface area contributed by atoms with E-state index in [0.29, 0.717) is 6.42 Å². The molecule has 2 N–H and O–H groups in total. The van der Waals surface area contributed by atoms with E-state index in [1.54, 1.807) is 13.8 Å². The summed E-state index contributed by atoms with van der Waals surface area (Å²) in [5, 5.41) is 17.1. The van der Waals surface area contributed by atoms with E-state index < -0.39 is 0 Å². The second-order valence-corrected chi connectivity index (χ2v) is 1.93. The van der Waals surface area contributed by atoms with Gasteiger partial charge in [-0.1, -0.05) is 0 Å². The molecule has 67 valence electrons. The Bertz CT molecular complexity index is 40.9. The summed E-state index contributed by atoms with van der Waals surface area (Å²) in [6.45, 7) is 3.32. The third kappa shape index (κ3) is 23.6. The van der Waals surface area contributed by atoms with Crippen molar-refractivity contribution in [1.29, 1.82) is 0 Å². The molecule has 0 aromatic rings. The van der Waals surface area contributed by atoms with E-state index in [2.05, 4.69) is 0 Å². The molecule has 3 heteroatoms. The normalized spacial score (nSPS) is 13.2. The second kappa shape index (κ2) is 12.2. The maximum Gasteiger partial charge on any atom is 2.00 e. The van der Waals surface area contributed by atoms with Gasteiger partial charge < -0.3 is 25.1 Å². The monoisotopic (exact) mass is 237 g/mol. The molecule has 0 aromatic heterocycles. The van der Waals surface area contributed by atoms with Crippen molar-refractivity contribution in [3.63, 3.8) is 0 Å². The van der Waals surface area contributed by atoms with Gasteiger partial charge in [0, 0.05) is 0 Å². The summed E-state index contributed by atoms with van der Waals surface area (Å²) in [5.74, 6) is 0. The minimum Gasteiger partial charge on any atom is -0.393 e. The number of hydrogen-bond donors (Lipinski definition) is 2. The molecular weight excluding hydrogens is 219 g/mol. The van der Waals surface area contributed by atoms with Crippen molar-refractivity contribution in [3.8, 4) is 0 Å². The van der Waals surface area contributed by atoms with Crippen LogP contribution in [0, 0.1) is 14.9 Å². The average molecular weight is 237 g/mol. The van der Waals surface area contributed by atoms with Gasteiger partial charge in [0.2, 0.25) is 0 Å². The minimum absolute atomic E-state index is 0. The van der Waals surface area contributed by atoms with Crippen LogP contribution in [-0.2, 0) is 19.5 Å². The van der Waals surface area contributed by atoms with Crippen LogP contribution in [-0.4, -0.2) is 22.4 Å². The number of aliphatic hydroxyl groups is 2. The van der Waals surface area contributed by atoms with E-state index >= 15 is 0 Å². The molecule has 2 unspecified atom stereocenters. The Morgan fingerprint density at radius 2 is 1.20 bits per heavy atom. The molecule has 0 fully saturated rings. The Kier molecular flexibility index (Phi) is 27.5. The maximum atomic E-state index is 8.56. The molecule has 0 aliphatic carbocycles. The largest absolute Gasteiger partial charge is 2.00 e. The van der Waals surface area contributed by atoms with Crippen molar-refractivity contribution in [3.05, 3.63) is 14.9 Å². The van der Waals surface area contributed by atoms with Gasteiger partial charge in [-0.25, -0.2) is 0 Å². The van der Waals surface area contributed by atoms with Crippen LogP contribution in [0.4, 0.5) is 0 Å². The summed E-state index contributed by atoms with van der Waals surface area (Å²) in [7, 11) is 0. The van der Waals surface area contributed by atoms with Crippen LogP contribution >= 0.6 is 0 Å². The Hall–Kier alpha value is 0.543. The molecule has 2 nitrogen and oxygen atoms in total. The van der Waals surface area contributed by atoms with E-state index in [4.69, 9.17) is 10.2 Å². The molecule has 0 rings (SSSR count). The molecule has 0 saturated heterocycles. The van der Waals surface area contributed by atoms with Gasteiger partial charge in [-0.2, -0.15) is 0 Å². The fourth-order valence-corrected chi connectivity index (χ4v) is 0.494. The van der Waals surface area contributed by atoms with Gasteiger partial charge in [0.05, 0.1) is 12.2 Å². The van der Waals surface area contributed by atoms with Crippen LogP contribution in [0.2, 0.25) is 0 Å². The van der Waals surface area contributed by atoms with Gasteiger partial charge in [0.1, 0.15) is 0 Å². The van der Waals surface area contributed by atoms with E-state index in [1.807, 2.05) is 0 Å². The Morgan fingerprint density at radius 3 is 1.20 bits per heavy atom. The first-order valence-corrected chi connectivity index (χ1v) is 2.49. The van der Waals surface area contributed by atoms with E-state index in [9.17, 15) is 0 Å². The van der Waals surface area contributed by atoms with Crippen LogP contribution in [0.25, 0.3) is 0 Å². The molecule has 0 bridgehead atoms. The van der Waals surface area contributed by atoms with Gasteiger partial charge in [-0.15, -0.1) is 0 Å². The molecule has 0 amide bonds. The van der Waals surface area contributed by atoms with Crippen molar-refractivity contribution >= 4 is 0 Å². The molecule has 2 atom stereocenters. The molecule has 0 aromatic carbocycles. The van der Waals surface area contributed by atoms with Crippen LogP contribution in [0.15, 0.2) is 0 Å². The fraction of sp³-hybridized carbons (Fsp3) is 0.714. The van der Waals surface area contributed by atoms with Crippen molar-refractivity contribution in [2.45, 2.75) is 32.5 Å².